The molecule has 2 aliphatic heterocycles. The summed E-state index contributed by atoms with van der Waals surface area (Å²) in [6, 6.07) is 4.63. The molecule has 0 unspecified atom stereocenters. The Morgan fingerprint density at radius 2 is 2.12 bits per heavy atom. The van der Waals surface area contributed by atoms with Gasteiger partial charge in [0.2, 0.25) is 0 Å². The smallest absolute Gasteiger partial charge is 0.0791 e. The van der Waals surface area contributed by atoms with Crippen LogP contribution in [0.2, 0.25) is 0 Å². The van der Waals surface area contributed by atoms with Gasteiger partial charge in [-0.1, -0.05) is 0 Å². The van der Waals surface area contributed by atoms with Crippen molar-refractivity contribution in [3.05, 3.63) is 42.5 Å². The van der Waals surface area contributed by atoms with Crippen LogP contribution >= 0.6 is 0 Å². The highest BCUT2D eigenvalue weighted by Gasteiger charge is 2.34. The summed E-state index contributed by atoms with van der Waals surface area (Å²) in [6.07, 6.45) is 10.4. The van der Waals surface area contributed by atoms with Crippen molar-refractivity contribution in [2.24, 2.45) is 7.05 Å². The molecule has 0 bridgehead atoms. The number of ether oxygens (including phenoxy) is 1. The summed E-state index contributed by atoms with van der Waals surface area (Å²) in [4.78, 5) is 9.31. The number of aromatic nitrogens is 3. The molecule has 2 atom stereocenters. The third-order valence-electron chi connectivity index (χ3n) is 5.11. The maximum Gasteiger partial charge on any atom is 0.0791 e. The molecule has 6 heteroatoms. The summed E-state index contributed by atoms with van der Waals surface area (Å²) in [5, 5.41) is 4.28. The molecule has 6 nitrogen and oxygen atoms in total. The molecule has 0 aliphatic carbocycles. The highest BCUT2D eigenvalue weighted by molar-refractivity contribution is 5.45. The number of likely N-dealkylation sites (tertiary alicyclic amines) is 1. The molecule has 0 amide bonds. The number of nitrogens with zero attached hydrogens (tertiary/aromatic N) is 5. The van der Waals surface area contributed by atoms with Crippen molar-refractivity contribution in [3.8, 4) is 0 Å². The molecule has 2 aliphatic rings. The Hall–Kier alpha value is -1.92. The fourth-order valence-electron chi connectivity index (χ4n) is 3.95. The van der Waals surface area contributed by atoms with Crippen LogP contribution in [0.4, 0.5) is 5.69 Å². The van der Waals surface area contributed by atoms with E-state index in [1.807, 2.05) is 36.4 Å². The Morgan fingerprint density at radius 1 is 1.21 bits per heavy atom. The van der Waals surface area contributed by atoms with Crippen LogP contribution < -0.4 is 4.90 Å². The van der Waals surface area contributed by atoms with Gasteiger partial charge in [-0.15, -0.1) is 0 Å². The third-order valence-corrected chi connectivity index (χ3v) is 5.11. The fourth-order valence-corrected chi connectivity index (χ4v) is 3.95. The SMILES string of the molecule is Cn1cc(CN2CC[C@H]3OCCN(c4cccnc4)[C@H]3CC2)cn1. The van der Waals surface area contributed by atoms with E-state index in [-0.39, 0.29) is 0 Å². The lowest BCUT2D eigenvalue weighted by Crippen LogP contribution is -2.51. The number of anilines is 1. The third kappa shape index (κ3) is 3.30. The van der Waals surface area contributed by atoms with Crippen LogP contribution in [-0.2, 0) is 18.3 Å². The first-order valence-corrected chi connectivity index (χ1v) is 8.78. The van der Waals surface area contributed by atoms with E-state index in [1.165, 1.54) is 11.3 Å². The lowest BCUT2D eigenvalue weighted by Gasteiger charge is -2.41. The van der Waals surface area contributed by atoms with Gasteiger partial charge in [-0.05, 0) is 25.0 Å². The van der Waals surface area contributed by atoms with E-state index < -0.39 is 0 Å². The minimum absolute atomic E-state index is 0.317. The Labute approximate surface area is 143 Å². The molecular weight excluding hydrogens is 302 g/mol. The minimum atomic E-state index is 0.317. The topological polar surface area (TPSA) is 46.4 Å². The van der Waals surface area contributed by atoms with Crippen LogP contribution in [0.5, 0.6) is 0 Å². The maximum atomic E-state index is 6.11. The average molecular weight is 327 g/mol. The van der Waals surface area contributed by atoms with E-state index in [2.05, 4.69) is 32.1 Å². The largest absolute Gasteiger partial charge is 0.374 e. The van der Waals surface area contributed by atoms with Gasteiger partial charge in [0.15, 0.2) is 0 Å². The molecule has 0 saturated carbocycles. The molecule has 24 heavy (non-hydrogen) atoms. The molecule has 2 aromatic heterocycles. The van der Waals surface area contributed by atoms with Crippen molar-refractivity contribution < 1.29 is 4.74 Å². The number of morpholine rings is 1. The summed E-state index contributed by atoms with van der Waals surface area (Å²) < 4.78 is 7.99. The monoisotopic (exact) mass is 327 g/mol. The molecule has 128 valence electrons. The summed E-state index contributed by atoms with van der Waals surface area (Å²) in [6.45, 7) is 4.90. The molecule has 2 saturated heterocycles. The normalized spacial score (nSPS) is 25.3. The summed E-state index contributed by atoms with van der Waals surface area (Å²) in [5.74, 6) is 0. The first kappa shape index (κ1) is 15.6. The van der Waals surface area contributed by atoms with Crippen molar-refractivity contribution in [3.63, 3.8) is 0 Å². The second-order valence-corrected chi connectivity index (χ2v) is 6.76. The van der Waals surface area contributed by atoms with Crippen molar-refractivity contribution >= 4 is 5.69 Å². The van der Waals surface area contributed by atoms with Gasteiger partial charge in [0.05, 0.1) is 36.8 Å². The number of pyridine rings is 1. The standard InChI is InChI=1S/C18H25N5O/c1-21-13-15(11-20-21)14-22-7-4-17-18(5-8-22)24-10-9-23(17)16-3-2-6-19-12-16/h2-3,6,11-13,17-18H,4-5,7-10,14H2,1H3/t17-,18+/m0/s1. The van der Waals surface area contributed by atoms with Gasteiger partial charge in [-0.3, -0.25) is 14.6 Å². The zero-order valence-corrected chi connectivity index (χ0v) is 14.2. The summed E-state index contributed by atoms with van der Waals surface area (Å²) in [7, 11) is 1.97. The van der Waals surface area contributed by atoms with Crippen molar-refractivity contribution in [1.29, 1.82) is 0 Å². The van der Waals surface area contributed by atoms with E-state index >= 15 is 0 Å². The number of hydrogen-bond donors (Lipinski definition) is 0. The Bertz CT molecular complexity index is 658. The van der Waals surface area contributed by atoms with Gasteiger partial charge < -0.3 is 9.64 Å². The number of hydrogen-bond acceptors (Lipinski definition) is 5. The van der Waals surface area contributed by atoms with E-state index in [0.717, 1.165) is 45.6 Å². The average Bonchev–Trinajstić information content (AvgIpc) is 2.91. The molecule has 0 radical (unpaired) electrons. The van der Waals surface area contributed by atoms with Crippen LogP contribution in [0, 0.1) is 0 Å². The predicted octanol–water partition coefficient (Wildman–Crippen LogP) is 1.68. The van der Waals surface area contributed by atoms with E-state index in [9.17, 15) is 0 Å². The molecule has 4 heterocycles. The fraction of sp³-hybridized carbons (Fsp3) is 0.556. The van der Waals surface area contributed by atoms with Crippen LogP contribution in [-0.4, -0.2) is 58.1 Å². The van der Waals surface area contributed by atoms with E-state index in [0.29, 0.717) is 12.1 Å². The molecule has 4 rings (SSSR count). The molecule has 0 spiro atoms. The number of rotatable bonds is 3. The predicted molar refractivity (Wildman–Crippen MR) is 92.8 cm³/mol. The first-order chi connectivity index (χ1) is 11.8. The van der Waals surface area contributed by atoms with Crippen LogP contribution in [0.3, 0.4) is 0 Å². The first-order valence-electron chi connectivity index (χ1n) is 8.78. The van der Waals surface area contributed by atoms with Gasteiger partial charge in [-0.2, -0.15) is 5.10 Å². The van der Waals surface area contributed by atoms with Crippen molar-refractivity contribution in [2.75, 3.05) is 31.1 Å². The molecule has 0 N–H and O–H groups in total. The van der Waals surface area contributed by atoms with Crippen molar-refractivity contribution in [1.82, 2.24) is 19.7 Å². The van der Waals surface area contributed by atoms with Crippen LogP contribution in [0.25, 0.3) is 0 Å². The number of fused-ring (bicyclic) bond motifs is 1. The van der Waals surface area contributed by atoms with Crippen LogP contribution in [0.1, 0.15) is 18.4 Å². The van der Waals surface area contributed by atoms with Crippen molar-refractivity contribution in [2.45, 2.75) is 31.5 Å². The van der Waals surface area contributed by atoms with Gasteiger partial charge >= 0.3 is 0 Å². The van der Waals surface area contributed by atoms with E-state index in [1.54, 1.807) is 0 Å². The molecule has 2 aromatic rings. The highest BCUT2D eigenvalue weighted by Crippen LogP contribution is 2.28. The van der Waals surface area contributed by atoms with Gasteiger partial charge in [0.25, 0.3) is 0 Å². The van der Waals surface area contributed by atoms with E-state index in [4.69, 9.17) is 4.74 Å². The quantitative estimate of drug-likeness (QED) is 0.858. The van der Waals surface area contributed by atoms with Gasteiger partial charge in [-0.25, -0.2) is 0 Å². The van der Waals surface area contributed by atoms with Gasteiger partial charge in [0.1, 0.15) is 0 Å². The second-order valence-electron chi connectivity index (χ2n) is 6.76. The lowest BCUT2D eigenvalue weighted by molar-refractivity contribution is 0.00893. The minimum Gasteiger partial charge on any atom is -0.374 e. The maximum absolute atomic E-state index is 6.11. The molecule has 2 fully saturated rings. The summed E-state index contributed by atoms with van der Waals surface area (Å²) in [5.41, 5.74) is 2.50. The number of aryl methyl sites for hydroxylation is 1. The Kier molecular flexibility index (Phi) is 4.49. The zero-order valence-electron chi connectivity index (χ0n) is 14.2. The molecule has 0 aromatic carbocycles. The summed E-state index contributed by atoms with van der Waals surface area (Å²) >= 11 is 0. The van der Waals surface area contributed by atoms with Gasteiger partial charge in [0, 0.05) is 51.2 Å². The Balaban J connectivity index is 1.45. The lowest BCUT2D eigenvalue weighted by atomic mass is 10.0. The molecular formula is C18H25N5O. The second kappa shape index (κ2) is 6.91. The zero-order chi connectivity index (χ0) is 16.4. The highest BCUT2D eigenvalue weighted by atomic mass is 16.5. The van der Waals surface area contributed by atoms with Crippen LogP contribution in [0.15, 0.2) is 36.9 Å². The Morgan fingerprint density at radius 3 is 2.92 bits per heavy atom.